The number of carbonyl (C=O) groups excluding carboxylic acids is 1. The summed E-state index contributed by atoms with van der Waals surface area (Å²) in [7, 11) is -4.12. The maximum atomic E-state index is 13.8. The lowest BCUT2D eigenvalue weighted by atomic mass is 9.84. The first kappa shape index (κ1) is 26.3. The van der Waals surface area contributed by atoms with E-state index in [0.29, 0.717) is 30.5 Å². The van der Waals surface area contributed by atoms with E-state index in [1.54, 1.807) is 12.1 Å². The van der Waals surface area contributed by atoms with Gasteiger partial charge in [-0.2, -0.15) is 0 Å². The fourth-order valence-electron chi connectivity index (χ4n) is 5.49. The molecule has 5 nitrogen and oxygen atoms in total. The molecule has 10 heteroatoms. The molecule has 0 spiro atoms. The summed E-state index contributed by atoms with van der Waals surface area (Å²) in [6.07, 6.45) is 1.26. The number of fused-ring (bicyclic) bond motifs is 2. The van der Waals surface area contributed by atoms with Gasteiger partial charge in [0.05, 0.1) is 15.2 Å². The SMILES string of the molecule is O=C(Nc1cc(F)c(F)c(F)c1)c1ccc(Cl)c(S(=O)(=O)[C@@H]2C3CCC2[C@@](O)(C#Cc2ccccc2)C3)c1. The van der Waals surface area contributed by atoms with Crippen molar-refractivity contribution >= 4 is 33.0 Å². The van der Waals surface area contributed by atoms with Crippen LogP contribution in [0.2, 0.25) is 5.02 Å². The molecule has 0 heterocycles. The van der Waals surface area contributed by atoms with E-state index < -0.39 is 50.0 Å². The van der Waals surface area contributed by atoms with Crippen LogP contribution in [0.3, 0.4) is 0 Å². The number of sulfone groups is 1. The van der Waals surface area contributed by atoms with Crippen molar-refractivity contribution in [2.24, 2.45) is 11.8 Å². The Hall–Kier alpha value is -3.32. The summed E-state index contributed by atoms with van der Waals surface area (Å²) in [6, 6.07) is 13.9. The number of hydrogen-bond acceptors (Lipinski definition) is 4. The number of anilines is 1. The molecule has 196 valence electrons. The first-order valence-electron chi connectivity index (χ1n) is 11.8. The van der Waals surface area contributed by atoms with Gasteiger partial charge in [0.2, 0.25) is 0 Å². The maximum absolute atomic E-state index is 13.8. The van der Waals surface area contributed by atoms with Gasteiger partial charge in [0.15, 0.2) is 27.3 Å². The number of rotatable bonds is 4. The Kier molecular flexibility index (Phi) is 6.76. The van der Waals surface area contributed by atoms with Crippen LogP contribution in [0.5, 0.6) is 0 Å². The molecule has 2 fully saturated rings. The Morgan fingerprint density at radius 2 is 1.71 bits per heavy atom. The van der Waals surface area contributed by atoms with Crippen LogP contribution in [0.1, 0.15) is 35.2 Å². The summed E-state index contributed by atoms with van der Waals surface area (Å²) in [5, 5.41) is 12.5. The molecular weight excluding hydrogens is 539 g/mol. The van der Waals surface area contributed by atoms with E-state index in [9.17, 15) is 31.5 Å². The third-order valence-corrected chi connectivity index (χ3v) is 10.0. The van der Waals surface area contributed by atoms with Crippen LogP contribution in [0.25, 0.3) is 0 Å². The highest BCUT2D eigenvalue weighted by Crippen LogP contribution is 2.55. The van der Waals surface area contributed by atoms with E-state index in [2.05, 4.69) is 17.2 Å². The summed E-state index contributed by atoms with van der Waals surface area (Å²) >= 11 is 6.27. The molecule has 2 unspecified atom stereocenters. The van der Waals surface area contributed by atoms with Gasteiger partial charge in [-0.05, 0) is 55.5 Å². The summed E-state index contributed by atoms with van der Waals surface area (Å²) in [4.78, 5) is 12.5. The molecule has 0 radical (unpaired) electrons. The molecule has 0 aliphatic heterocycles. The number of carbonyl (C=O) groups is 1. The molecule has 2 aliphatic rings. The van der Waals surface area contributed by atoms with Gasteiger partial charge in [0.1, 0.15) is 5.60 Å². The van der Waals surface area contributed by atoms with Crippen molar-refractivity contribution in [1.29, 1.82) is 0 Å². The predicted molar refractivity (Wildman–Crippen MR) is 136 cm³/mol. The Bertz CT molecular complexity index is 1580. The van der Waals surface area contributed by atoms with Gasteiger partial charge >= 0.3 is 0 Å². The smallest absolute Gasteiger partial charge is 0.255 e. The highest BCUT2D eigenvalue weighted by atomic mass is 35.5. The summed E-state index contributed by atoms with van der Waals surface area (Å²) in [6.45, 7) is 0. The lowest BCUT2D eigenvalue weighted by molar-refractivity contribution is 0.0440. The highest BCUT2D eigenvalue weighted by Gasteiger charge is 2.61. The van der Waals surface area contributed by atoms with Crippen molar-refractivity contribution in [1.82, 2.24) is 0 Å². The first-order chi connectivity index (χ1) is 18.0. The van der Waals surface area contributed by atoms with Crippen LogP contribution >= 0.6 is 11.6 Å². The second kappa shape index (κ2) is 9.77. The van der Waals surface area contributed by atoms with Crippen LogP contribution in [-0.2, 0) is 9.84 Å². The Morgan fingerprint density at radius 3 is 2.39 bits per heavy atom. The molecule has 3 aromatic rings. The van der Waals surface area contributed by atoms with Gasteiger partial charge < -0.3 is 10.4 Å². The molecule has 0 aromatic heterocycles. The van der Waals surface area contributed by atoms with Crippen molar-refractivity contribution in [3.63, 3.8) is 0 Å². The minimum atomic E-state index is -4.12. The van der Waals surface area contributed by atoms with Gasteiger partial charge in [-0.3, -0.25) is 4.79 Å². The third kappa shape index (κ3) is 4.68. The Balaban J connectivity index is 1.43. The van der Waals surface area contributed by atoms with Crippen LogP contribution < -0.4 is 5.32 Å². The van der Waals surface area contributed by atoms with E-state index in [-0.39, 0.29) is 33.5 Å². The molecule has 1 amide bonds. The number of hydrogen-bond donors (Lipinski definition) is 2. The van der Waals surface area contributed by atoms with E-state index in [4.69, 9.17) is 11.6 Å². The molecule has 3 aromatic carbocycles. The second-order valence-corrected chi connectivity index (χ2v) is 12.0. The van der Waals surface area contributed by atoms with Crippen molar-refractivity contribution in [2.75, 3.05) is 5.32 Å². The molecule has 2 aliphatic carbocycles. The molecule has 38 heavy (non-hydrogen) atoms. The topological polar surface area (TPSA) is 83.5 Å². The monoisotopic (exact) mass is 559 g/mol. The van der Waals surface area contributed by atoms with Crippen molar-refractivity contribution in [2.45, 2.75) is 35.0 Å². The van der Waals surface area contributed by atoms with Gasteiger partial charge in [-0.25, -0.2) is 21.6 Å². The van der Waals surface area contributed by atoms with E-state index >= 15 is 0 Å². The fourth-order valence-corrected chi connectivity index (χ4v) is 8.38. The van der Waals surface area contributed by atoms with Crippen molar-refractivity contribution in [3.8, 4) is 11.8 Å². The standard InChI is InChI=1S/C28H21ClF3NO4S/c29-21-9-7-17(27(34)33-19-13-22(30)25(32)23(31)14-19)12-24(21)38(36,37)26-18-6-8-20(26)28(35,15-18)11-10-16-4-2-1-3-5-16/h1-5,7,9,12-14,18,20,26,35H,6,8,15H2,(H,33,34)/t18?,20?,26-,28-/m1/s1. The number of amides is 1. The Morgan fingerprint density at radius 1 is 1.03 bits per heavy atom. The van der Waals surface area contributed by atoms with Crippen LogP contribution in [0.15, 0.2) is 65.6 Å². The molecule has 2 bridgehead atoms. The predicted octanol–water partition coefficient (Wildman–Crippen LogP) is 5.36. The Labute approximate surface area is 222 Å². The summed E-state index contributed by atoms with van der Waals surface area (Å²) < 4.78 is 68.0. The maximum Gasteiger partial charge on any atom is 0.255 e. The van der Waals surface area contributed by atoms with Crippen LogP contribution in [0.4, 0.5) is 18.9 Å². The van der Waals surface area contributed by atoms with Gasteiger partial charge in [-0.15, -0.1) is 0 Å². The number of benzene rings is 3. The number of aliphatic hydroxyl groups is 1. The molecule has 5 rings (SSSR count). The van der Waals surface area contributed by atoms with E-state index in [1.807, 2.05) is 18.2 Å². The molecule has 4 atom stereocenters. The lowest BCUT2D eigenvalue weighted by Crippen LogP contribution is -2.37. The molecular formula is C28H21ClF3NO4S. The third-order valence-electron chi connectivity index (χ3n) is 7.19. The molecule has 2 saturated carbocycles. The zero-order valence-corrected chi connectivity index (χ0v) is 21.3. The first-order valence-corrected chi connectivity index (χ1v) is 13.7. The van der Waals surface area contributed by atoms with Crippen LogP contribution in [0, 0.1) is 41.1 Å². The van der Waals surface area contributed by atoms with Gasteiger partial charge in [-0.1, -0.05) is 41.6 Å². The fraction of sp³-hybridized carbons (Fsp3) is 0.250. The number of nitrogens with one attached hydrogen (secondary N) is 1. The van der Waals surface area contributed by atoms with Crippen molar-refractivity contribution in [3.05, 3.63) is 94.3 Å². The minimum absolute atomic E-state index is 0.106. The van der Waals surface area contributed by atoms with Gasteiger partial charge in [0.25, 0.3) is 5.91 Å². The quantitative estimate of drug-likeness (QED) is 0.333. The second-order valence-electron chi connectivity index (χ2n) is 9.55. The average molecular weight is 560 g/mol. The normalized spacial score (nSPS) is 24.1. The summed E-state index contributed by atoms with van der Waals surface area (Å²) in [5.41, 5.74) is -1.27. The van der Waals surface area contributed by atoms with Crippen molar-refractivity contribution < 1.29 is 31.5 Å². The largest absolute Gasteiger partial charge is 0.377 e. The van der Waals surface area contributed by atoms with E-state index in [0.717, 1.165) is 6.07 Å². The zero-order chi connectivity index (χ0) is 27.2. The van der Waals surface area contributed by atoms with Gasteiger partial charge in [0, 0.05) is 34.9 Å². The number of halogens is 4. The molecule has 2 N–H and O–H groups in total. The van der Waals surface area contributed by atoms with Crippen LogP contribution in [-0.4, -0.2) is 30.3 Å². The highest BCUT2D eigenvalue weighted by molar-refractivity contribution is 7.92. The van der Waals surface area contributed by atoms with E-state index in [1.165, 1.54) is 12.1 Å². The lowest BCUT2D eigenvalue weighted by Gasteiger charge is -2.27. The minimum Gasteiger partial charge on any atom is -0.377 e. The average Bonchev–Trinajstić information content (AvgIpc) is 3.43. The summed E-state index contributed by atoms with van der Waals surface area (Å²) in [5.74, 6) is -0.675. The zero-order valence-electron chi connectivity index (χ0n) is 19.7. The molecule has 0 saturated heterocycles.